The van der Waals surface area contributed by atoms with Crippen LogP contribution in [0.15, 0.2) is 42.6 Å². The Labute approximate surface area is 157 Å². The first-order valence-corrected chi connectivity index (χ1v) is 9.90. The molecule has 1 aromatic carbocycles. The number of pyridine rings is 1. The van der Waals surface area contributed by atoms with Crippen LogP contribution in [0.5, 0.6) is 0 Å². The van der Waals surface area contributed by atoms with Gasteiger partial charge in [0.25, 0.3) is 0 Å². The molecule has 4 aromatic rings. The molecule has 0 aliphatic rings. The maximum Gasteiger partial charge on any atom is 0.124 e. The standard InChI is InChI=1S/C21H23N3OS/c1-3-14(8-9-25-2)10-18-12-16-5-6-19(23-21(16)26-18)15-4-7-20-17(11-15)13-22-24-20/h4-7,11-14H,3,8-10H2,1-2H3,(H,22,24). The number of methoxy groups -OCH3 is 1. The van der Waals surface area contributed by atoms with Crippen molar-refractivity contribution in [3.05, 3.63) is 47.5 Å². The van der Waals surface area contributed by atoms with Crippen molar-refractivity contribution in [1.82, 2.24) is 15.2 Å². The molecule has 1 unspecified atom stereocenters. The molecule has 3 aromatic heterocycles. The molecular formula is C21H23N3OS. The Hall–Kier alpha value is -2.24. The molecule has 0 aliphatic heterocycles. The molecule has 0 fully saturated rings. The summed E-state index contributed by atoms with van der Waals surface area (Å²) >= 11 is 1.82. The molecule has 0 radical (unpaired) electrons. The number of thiophene rings is 1. The first kappa shape index (κ1) is 17.2. The summed E-state index contributed by atoms with van der Waals surface area (Å²) in [5.41, 5.74) is 3.19. The second-order valence-corrected chi connectivity index (χ2v) is 7.85. The zero-order valence-corrected chi connectivity index (χ0v) is 16.0. The van der Waals surface area contributed by atoms with Crippen LogP contribution < -0.4 is 0 Å². The van der Waals surface area contributed by atoms with Gasteiger partial charge < -0.3 is 4.74 Å². The van der Waals surface area contributed by atoms with E-state index in [1.165, 1.54) is 16.7 Å². The molecule has 26 heavy (non-hydrogen) atoms. The first-order chi connectivity index (χ1) is 12.8. The number of rotatable bonds is 7. The normalized spacial score (nSPS) is 12.8. The average Bonchev–Trinajstić information content (AvgIpc) is 3.29. The monoisotopic (exact) mass is 365 g/mol. The van der Waals surface area contributed by atoms with Crippen molar-refractivity contribution in [3.8, 4) is 11.3 Å². The number of aromatic nitrogens is 3. The maximum atomic E-state index is 5.24. The van der Waals surface area contributed by atoms with Gasteiger partial charge in [-0.05, 0) is 49.1 Å². The van der Waals surface area contributed by atoms with Crippen LogP contribution in [0.4, 0.5) is 0 Å². The van der Waals surface area contributed by atoms with E-state index >= 15 is 0 Å². The average molecular weight is 366 g/mol. The number of fused-ring (bicyclic) bond motifs is 2. The lowest BCUT2D eigenvalue weighted by atomic mass is 9.98. The quantitative estimate of drug-likeness (QED) is 0.474. The van der Waals surface area contributed by atoms with Crippen LogP contribution >= 0.6 is 11.3 Å². The summed E-state index contributed by atoms with van der Waals surface area (Å²) in [4.78, 5) is 7.45. The first-order valence-electron chi connectivity index (χ1n) is 9.08. The van der Waals surface area contributed by atoms with Crippen molar-refractivity contribution in [1.29, 1.82) is 0 Å². The Kier molecular flexibility index (Phi) is 5.00. The topological polar surface area (TPSA) is 50.8 Å². The predicted molar refractivity (Wildman–Crippen MR) is 109 cm³/mol. The largest absolute Gasteiger partial charge is 0.385 e. The molecular weight excluding hydrogens is 342 g/mol. The van der Waals surface area contributed by atoms with Gasteiger partial charge in [0, 0.05) is 34.9 Å². The number of nitrogens with zero attached hydrogens (tertiary/aromatic N) is 2. The van der Waals surface area contributed by atoms with Crippen LogP contribution in [-0.2, 0) is 11.2 Å². The van der Waals surface area contributed by atoms with Crippen LogP contribution in [-0.4, -0.2) is 28.9 Å². The summed E-state index contributed by atoms with van der Waals surface area (Å²) in [5.74, 6) is 0.672. The van der Waals surface area contributed by atoms with Gasteiger partial charge in [0.05, 0.1) is 17.4 Å². The molecule has 4 rings (SSSR count). The number of benzene rings is 1. The SMILES string of the molecule is CCC(CCOC)Cc1cc2ccc(-c3ccc4[nH]ncc4c3)nc2s1. The number of hydrogen-bond acceptors (Lipinski definition) is 4. The molecule has 0 saturated carbocycles. The van der Waals surface area contributed by atoms with Crippen molar-refractivity contribution in [2.45, 2.75) is 26.2 Å². The zero-order chi connectivity index (χ0) is 17.9. The van der Waals surface area contributed by atoms with Gasteiger partial charge in [-0.15, -0.1) is 11.3 Å². The molecule has 0 amide bonds. The summed E-state index contributed by atoms with van der Waals surface area (Å²) in [6, 6.07) is 12.9. The lowest BCUT2D eigenvalue weighted by molar-refractivity contribution is 0.176. The summed E-state index contributed by atoms with van der Waals surface area (Å²) in [5, 5.41) is 9.43. The number of nitrogens with one attached hydrogen (secondary N) is 1. The Morgan fingerprint density at radius 1 is 1.15 bits per heavy atom. The van der Waals surface area contributed by atoms with Crippen molar-refractivity contribution >= 4 is 32.5 Å². The van der Waals surface area contributed by atoms with E-state index in [9.17, 15) is 0 Å². The molecule has 1 atom stereocenters. The summed E-state index contributed by atoms with van der Waals surface area (Å²) in [7, 11) is 1.78. The predicted octanol–water partition coefficient (Wildman–Crippen LogP) is 5.44. The second kappa shape index (κ2) is 7.56. The van der Waals surface area contributed by atoms with Gasteiger partial charge in [-0.3, -0.25) is 5.10 Å². The minimum absolute atomic E-state index is 0.672. The van der Waals surface area contributed by atoms with Crippen LogP contribution in [0.1, 0.15) is 24.6 Å². The van der Waals surface area contributed by atoms with Gasteiger partial charge in [0.15, 0.2) is 0 Å². The fraction of sp³-hybridized carbons (Fsp3) is 0.333. The molecule has 0 bridgehead atoms. The van der Waals surface area contributed by atoms with Crippen molar-refractivity contribution in [3.63, 3.8) is 0 Å². The third-order valence-electron chi connectivity index (χ3n) is 4.97. The van der Waals surface area contributed by atoms with Gasteiger partial charge in [-0.25, -0.2) is 4.98 Å². The van der Waals surface area contributed by atoms with Crippen LogP contribution in [0.25, 0.3) is 32.4 Å². The molecule has 0 saturated heterocycles. The van der Waals surface area contributed by atoms with E-state index in [1.54, 1.807) is 7.11 Å². The molecule has 4 nitrogen and oxygen atoms in total. The van der Waals surface area contributed by atoms with Gasteiger partial charge in [0.2, 0.25) is 0 Å². The molecule has 0 spiro atoms. The summed E-state index contributed by atoms with van der Waals surface area (Å²) in [6.07, 6.45) is 5.26. The van der Waals surface area contributed by atoms with E-state index in [2.05, 4.69) is 53.5 Å². The van der Waals surface area contributed by atoms with Crippen molar-refractivity contribution in [2.24, 2.45) is 5.92 Å². The van der Waals surface area contributed by atoms with Gasteiger partial charge in [0.1, 0.15) is 4.83 Å². The van der Waals surface area contributed by atoms with Crippen molar-refractivity contribution in [2.75, 3.05) is 13.7 Å². The van der Waals surface area contributed by atoms with Gasteiger partial charge >= 0.3 is 0 Å². The van der Waals surface area contributed by atoms with Gasteiger partial charge in [-0.2, -0.15) is 5.10 Å². The van der Waals surface area contributed by atoms with E-state index in [0.717, 1.165) is 46.4 Å². The second-order valence-electron chi connectivity index (χ2n) is 6.74. The fourth-order valence-corrected chi connectivity index (χ4v) is 4.49. The fourth-order valence-electron chi connectivity index (χ4n) is 3.35. The number of ether oxygens (including phenoxy) is 1. The Morgan fingerprint density at radius 3 is 2.92 bits per heavy atom. The molecule has 1 N–H and O–H groups in total. The Morgan fingerprint density at radius 2 is 2.08 bits per heavy atom. The third-order valence-corrected chi connectivity index (χ3v) is 6.03. The highest BCUT2D eigenvalue weighted by Crippen LogP contribution is 2.30. The van der Waals surface area contributed by atoms with E-state index in [-0.39, 0.29) is 0 Å². The number of aromatic amines is 1. The molecule has 5 heteroatoms. The van der Waals surface area contributed by atoms with Crippen LogP contribution in [0.3, 0.4) is 0 Å². The minimum Gasteiger partial charge on any atom is -0.385 e. The molecule has 3 heterocycles. The Bertz CT molecular complexity index is 1020. The van der Waals surface area contributed by atoms with E-state index in [1.807, 2.05) is 17.5 Å². The highest BCUT2D eigenvalue weighted by atomic mass is 32.1. The van der Waals surface area contributed by atoms with E-state index in [0.29, 0.717) is 5.92 Å². The molecule has 134 valence electrons. The van der Waals surface area contributed by atoms with E-state index < -0.39 is 0 Å². The van der Waals surface area contributed by atoms with E-state index in [4.69, 9.17) is 9.72 Å². The lowest BCUT2D eigenvalue weighted by Gasteiger charge is -2.12. The Balaban J connectivity index is 1.60. The highest BCUT2D eigenvalue weighted by Gasteiger charge is 2.12. The maximum absolute atomic E-state index is 5.24. The highest BCUT2D eigenvalue weighted by molar-refractivity contribution is 7.18. The smallest absolute Gasteiger partial charge is 0.124 e. The number of hydrogen-bond donors (Lipinski definition) is 1. The minimum atomic E-state index is 0.672. The summed E-state index contributed by atoms with van der Waals surface area (Å²) in [6.45, 7) is 3.10. The lowest BCUT2D eigenvalue weighted by Crippen LogP contribution is -2.05. The van der Waals surface area contributed by atoms with Crippen molar-refractivity contribution < 1.29 is 4.74 Å². The zero-order valence-electron chi connectivity index (χ0n) is 15.2. The molecule has 0 aliphatic carbocycles. The van der Waals surface area contributed by atoms with Crippen LogP contribution in [0.2, 0.25) is 0 Å². The van der Waals surface area contributed by atoms with Gasteiger partial charge in [-0.1, -0.05) is 19.4 Å². The third kappa shape index (κ3) is 3.50. The summed E-state index contributed by atoms with van der Waals surface area (Å²) < 4.78 is 5.24. The number of H-pyrrole nitrogens is 1. The van der Waals surface area contributed by atoms with Crippen LogP contribution in [0, 0.1) is 5.92 Å².